The number of amides is 1. The smallest absolute Gasteiger partial charge is 0.416 e. The van der Waals surface area contributed by atoms with Crippen LogP contribution in [0, 0.1) is 0 Å². The fraction of sp³-hybridized carbons (Fsp3) is 0.200. The maximum atomic E-state index is 12.9. The van der Waals surface area contributed by atoms with Crippen molar-refractivity contribution in [2.75, 3.05) is 0 Å². The summed E-state index contributed by atoms with van der Waals surface area (Å²) in [6.07, 6.45) is 0.942. The van der Waals surface area contributed by atoms with Crippen molar-refractivity contribution in [3.8, 4) is 11.6 Å². The van der Waals surface area contributed by atoms with E-state index in [0.29, 0.717) is 5.56 Å². The van der Waals surface area contributed by atoms with E-state index in [1.165, 1.54) is 18.3 Å². The summed E-state index contributed by atoms with van der Waals surface area (Å²) in [4.78, 5) is 16.2. The molecule has 0 aliphatic heterocycles. The third-order valence-corrected chi connectivity index (χ3v) is 3.96. The van der Waals surface area contributed by atoms with Crippen molar-refractivity contribution >= 4 is 5.91 Å². The first-order valence-electron chi connectivity index (χ1n) is 8.48. The topological polar surface area (TPSA) is 56.2 Å². The fourth-order valence-corrected chi connectivity index (χ4v) is 2.61. The lowest BCUT2D eigenvalue weighted by molar-refractivity contribution is -0.137. The summed E-state index contributed by atoms with van der Waals surface area (Å²) in [5.74, 6) is -0.0210. The van der Waals surface area contributed by atoms with Crippen molar-refractivity contribution < 1.29 is 22.7 Å². The van der Waals surface area contributed by atoms with Gasteiger partial charge in [0.05, 0.1) is 12.0 Å². The van der Waals surface area contributed by atoms with Crippen LogP contribution in [0.4, 0.5) is 13.2 Å². The van der Waals surface area contributed by atoms with E-state index in [1.54, 1.807) is 12.1 Å². The van der Waals surface area contributed by atoms with Crippen LogP contribution >= 0.6 is 0 Å². The number of benzene rings is 1. The molecular formula is C20H18F3N3O2. The van der Waals surface area contributed by atoms with Gasteiger partial charge in [0.1, 0.15) is 5.75 Å². The maximum absolute atomic E-state index is 12.9. The van der Waals surface area contributed by atoms with E-state index in [1.807, 2.05) is 30.1 Å². The molecule has 0 radical (unpaired) electrons. The number of ether oxygens (including phenoxy) is 1. The molecule has 146 valence electrons. The highest BCUT2D eigenvalue weighted by atomic mass is 19.4. The van der Waals surface area contributed by atoms with Crippen molar-refractivity contribution in [3.05, 3.63) is 77.7 Å². The van der Waals surface area contributed by atoms with Gasteiger partial charge in [-0.3, -0.25) is 4.79 Å². The van der Waals surface area contributed by atoms with E-state index < -0.39 is 11.7 Å². The SMILES string of the molecule is Cn1ccc(CC(=O)NCc2cccnc2Oc2cccc(C(F)(F)F)c2)c1. The highest BCUT2D eigenvalue weighted by Crippen LogP contribution is 2.32. The monoisotopic (exact) mass is 389 g/mol. The molecule has 5 nitrogen and oxygen atoms in total. The standard InChI is InChI=1S/C20H18F3N3O2/c1-26-9-7-14(13-26)10-18(27)25-12-15-4-3-8-24-19(15)28-17-6-2-5-16(11-17)20(21,22)23/h2-9,11,13H,10,12H2,1H3,(H,25,27). The minimum absolute atomic E-state index is 0.0189. The van der Waals surface area contributed by atoms with Gasteiger partial charge < -0.3 is 14.6 Å². The number of carbonyl (C=O) groups excluding carboxylic acids is 1. The molecule has 0 atom stereocenters. The Morgan fingerprint density at radius 2 is 2.04 bits per heavy atom. The summed E-state index contributed by atoms with van der Waals surface area (Å²) in [6.45, 7) is 0.147. The lowest BCUT2D eigenvalue weighted by Gasteiger charge is -2.12. The summed E-state index contributed by atoms with van der Waals surface area (Å²) in [5, 5.41) is 2.77. The molecule has 0 fully saturated rings. The van der Waals surface area contributed by atoms with Gasteiger partial charge in [-0.15, -0.1) is 0 Å². The first-order chi connectivity index (χ1) is 13.3. The van der Waals surface area contributed by atoms with Crippen LogP contribution in [0.1, 0.15) is 16.7 Å². The molecule has 2 aromatic heterocycles. The van der Waals surface area contributed by atoms with Gasteiger partial charge in [-0.05, 0) is 35.9 Å². The van der Waals surface area contributed by atoms with Gasteiger partial charge in [-0.2, -0.15) is 13.2 Å². The Morgan fingerprint density at radius 1 is 1.21 bits per heavy atom. The fourth-order valence-electron chi connectivity index (χ4n) is 2.61. The van der Waals surface area contributed by atoms with Crippen molar-refractivity contribution in [3.63, 3.8) is 0 Å². The quantitative estimate of drug-likeness (QED) is 0.691. The zero-order valence-electron chi connectivity index (χ0n) is 15.0. The predicted molar refractivity (Wildman–Crippen MR) is 96.7 cm³/mol. The molecule has 28 heavy (non-hydrogen) atoms. The van der Waals surface area contributed by atoms with Crippen molar-refractivity contribution in [1.29, 1.82) is 0 Å². The lowest BCUT2D eigenvalue weighted by atomic mass is 10.2. The molecule has 0 saturated heterocycles. The second-order valence-electron chi connectivity index (χ2n) is 6.23. The van der Waals surface area contributed by atoms with Crippen molar-refractivity contribution in [2.45, 2.75) is 19.1 Å². The van der Waals surface area contributed by atoms with Crippen LogP contribution in [0.25, 0.3) is 0 Å². The second kappa shape index (κ2) is 8.16. The Balaban J connectivity index is 1.67. The minimum atomic E-state index is -4.46. The number of rotatable bonds is 6. The Morgan fingerprint density at radius 3 is 2.75 bits per heavy atom. The first kappa shape index (κ1) is 19.5. The summed E-state index contributed by atoms with van der Waals surface area (Å²) in [6, 6.07) is 9.77. The van der Waals surface area contributed by atoms with Crippen LogP contribution in [0.3, 0.4) is 0 Å². The second-order valence-corrected chi connectivity index (χ2v) is 6.23. The Kier molecular flexibility index (Phi) is 5.67. The molecule has 0 spiro atoms. The van der Waals surface area contributed by atoms with Crippen LogP contribution in [0.15, 0.2) is 61.1 Å². The summed E-state index contributed by atoms with van der Waals surface area (Å²) in [7, 11) is 1.87. The molecule has 8 heteroatoms. The number of halogens is 3. The Hall–Kier alpha value is -3.29. The van der Waals surface area contributed by atoms with Crippen LogP contribution in [-0.4, -0.2) is 15.5 Å². The zero-order valence-corrected chi connectivity index (χ0v) is 15.0. The van der Waals surface area contributed by atoms with Crippen LogP contribution in [-0.2, 0) is 31.0 Å². The van der Waals surface area contributed by atoms with Crippen molar-refractivity contribution in [2.24, 2.45) is 7.05 Å². The van der Waals surface area contributed by atoms with Gasteiger partial charge in [-0.25, -0.2) is 4.98 Å². The number of carbonyl (C=O) groups is 1. The van der Waals surface area contributed by atoms with E-state index in [-0.39, 0.29) is 30.5 Å². The molecule has 2 heterocycles. The molecule has 3 rings (SSSR count). The van der Waals surface area contributed by atoms with E-state index in [9.17, 15) is 18.0 Å². The van der Waals surface area contributed by atoms with E-state index >= 15 is 0 Å². The molecule has 0 saturated carbocycles. The molecule has 0 unspecified atom stereocenters. The first-order valence-corrected chi connectivity index (χ1v) is 8.48. The predicted octanol–water partition coefficient (Wildman–Crippen LogP) is 4.09. The number of pyridine rings is 1. The number of aromatic nitrogens is 2. The maximum Gasteiger partial charge on any atom is 0.416 e. The number of aryl methyl sites for hydroxylation is 1. The Bertz CT molecular complexity index is 967. The molecule has 0 aliphatic rings. The largest absolute Gasteiger partial charge is 0.439 e. The van der Waals surface area contributed by atoms with Crippen molar-refractivity contribution in [1.82, 2.24) is 14.9 Å². The highest BCUT2D eigenvalue weighted by Gasteiger charge is 2.30. The van der Waals surface area contributed by atoms with Gasteiger partial charge in [0.15, 0.2) is 0 Å². The van der Waals surface area contributed by atoms with Gasteiger partial charge >= 0.3 is 6.18 Å². The average Bonchev–Trinajstić information content (AvgIpc) is 3.05. The summed E-state index contributed by atoms with van der Waals surface area (Å²) >= 11 is 0. The van der Waals surface area contributed by atoms with E-state index in [4.69, 9.17) is 4.74 Å². The molecule has 0 aliphatic carbocycles. The van der Waals surface area contributed by atoms with Gasteiger partial charge in [0.25, 0.3) is 0 Å². The van der Waals surface area contributed by atoms with Gasteiger partial charge in [0.2, 0.25) is 11.8 Å². The number of nitrogens with one attached hydrogen (secondary N) is 1. The van der Waals surface area contributed by atoms with Gasteiger partial charge in [0, 0.05) is 37.7 Å². The number of alkyl halides is 3. The van der Waals surface area contributed by atoms with Gasteiger partial charge in [-0.1, -0.05) is 12.1 Å². The average molecular weight is 389 g/mol. The number of hydrogen-bond donors (Lipinski definition) is 1. The third-order valence-electron chi connectivity index (χ3n) is 3.96. The van der Waals surface area contributed by atoms with E-state index in [2.05, 4.69) is 10.3 Å². The molecule has 1 N–H and O–H groups in total. The normalized spacial score (nSPS) is 11.3. The summed E-state index contributed by atoms with van der Waals surface area (Å²) < 4.78 is 46.0. The molecular weight excluding hydrogens is 371 g/mol. The number of nitrogens with zero attached hydrogens (tertiary/aromatic N) is 2. The third kappa shape index (κ3) is 5.12. The zero-order chi connectivity index (χ0) is 20.1. The van der Waals surface area contributed by atoms with Crippen LogP contribution in [0.5, 0.6) is 11.6 Å². The highest BCUT2D eigenvalue weighted by molar-refractivity contribution is 5.78. The summed E-state index contributed by atoms with van der Waals surface area (Å²) in [5.41, 5.74) is 0.631. The van der Waals surface area contributed by atoms with E-state index in [0.717, 1.165) is 17.7 Å². The lowest BCUT2D eigenvalue weighted by Crippen LogP contribution is -2.24. The molecule has 0 bridgehead atoms. The molecule has 3 aromatic rings. The van der Waals surface area contributed by atoms with Crippen LogP contribution < -0.4 is 10.1 Å². The minimum Gasteiger partial charge on any atom is -0.439 e. The number of hydrogen-bond acceptors (Lipinski definition) is 3. The Labute approximate surface area is 159 Å². The van der Waals surface area contributed by atoms with Crippen LogP contribution in [0.2, 0.25) is 0 Å². The molecule has 1 aromatic carbocycles. The molecule has 1 amide bonds.